The maximum Gasteiger partial charge on any atom is 0.240 e. The third kappa shape index (κ3) is 2.27. The van der Waals surface area contributed by atoms with Gasteiger partial charge in [-0.05, 0) is 25.3 Å². The summed E-state index contributed by atoms with van der Waals surface area (Å²) in [5.41, 5.74) is 6.34. The van der Waals surface area contributed by atoms with Crippen molar-refractivity contribution in [3.8, 4) is 0 Å². The van der Waals surface area contributed by atoms with Crippen molar-refractivity contribution in [2.45, 2.75) is 56.5 Å². The Balaban J connectivity index is 1.92. The fourth-order valence-corrected chi connectivity index (χ4v) is 3.67. The lowest BCUT2D eigenvalue weighted by Crippen LogP contribution is -2.53. The van der Waals surface area contributed by atoms with E-state index in [2.05, 4.69) is 0 Å². The van der Waals surface area contributed by atoms with Gasteiger partial charge in [0.25, 0.3) is 0 Å². The Morgan fingerprint density at radius 3 is 2.48 bits per heavy atom. The lowest BCUT2D eigenvalue weighted by atomic mass is 9.81. The van der Waals surface area contributed by atoms with Gasteiger partial charge in [-0.1, -0.05) is 43.2 Å². The molecule has 3 rings (SSSR count). The van der Waals surface area contributed by atoms with Crippen LogP contribution in [-0.2, 0) is 15.0 Å². The highest BCUT2D eigenvalue weighted by atomic mass is 16.2. The van der Waals surface area contributed by atoms with Crippen molar-refractivity contribution in [3.63, 3.8) is 0 Å². The molecule has 2 fully saturated rings. The molecule has 21 heavy (non-hydrogen) atoms. The molecule has 1 saturated heterocycles. The van der Waals surface area contributed by atoms with E-state index in [9.17, 15) is 9.59 Å². The topological polar surface area (TPSA) is 63.4 Å². The average Bonchev–Trinajstić information content (AvgIpc) is 2.72. The summed E-state index contributed by atoms with van der Waals surface area (Å²) in [6.45, 7) is 1.87. The molecule has 3 atom stereocenters. The van der Waals surface area contributed by atoms with Crippen LogP contribution in [0.3, 0.4) is 0 Å². The molecule has 1 aromatic carbocycles. The highest BCUT2D eigenvalue weighted by Crippen LogP contribution is 2.39. The van der Waals surface area contributed by atoms with Gasteiger partial charge in [-0.3, -0.25) is 14.5 Å². The second kappa shape index (κ2) is 5.26. The van der Waals surface area contributed by atoms with Crippen LogP contribution in [0.4, 0.5) is 0 Å². The van der Waals surface area contributed by atoms with Crippen molar-refractivity contribution in [1.29, 1.82) is 0 Å². The molecule has 2 aliphatic rings. The molecule has 3 unspecified atom stereocenters. The number of nitrogens with two attached hydrogens (primary N) is 1. The zero-order valence-electron chi connectivity index (χ0n) is 12.4. The number of nitrogens with zero attached hydrogens (tertiary/aromatic N) is 1. The molecule has 1 heterocycles. The number of imide groups is 1. The van der Waals surface area contributed by atoms with E-state index in [1.807, 2.05) is 37.3 Å². The summed E-state index contributed by atoms with van der Waals surface area (Å²) in [4.78, 5) is 26.9. The van der Waals surface area contributed by atoms with E-state index in [4.69, 9.17) is 5.73 Å². The van der Waals surface area contributed by atoms with Crippen LogP contribution in [-0.4, -0.2) is 28.8 Å². The summed E-state index contributed by atoms with van der Waals surface area (Å²) >= 11 is 0. The lowest BCUT2D eigenvalue weighted by molar-refractivity contribution is -0.143. The summed E-state index contributed by atoms with van der Waals surface area (Å²) in [5, 5.41) is 0. The molecule has 0 aromatic heterocycles. The second-order valence-corrected chi connectivity index (χ2v) is 6.46. The molecular formula is C17H22N2O2. The zero-order chi connectivity index (χ0) is 15.0. The molecule has 2 N–H and O–H groups in total. The molecule has 1 aliphatic heterocycles. The molecule has 4 nitrogen and oxygen atoms in total. The third-order valence-electron chi connectivity index (χ3n) is 4.99. The first-order valence-corrected chi connectivity index (χ1v) is 7.71. The highest BCUT2D eigenvalue weighted by Gasteiger charge is 2.52. The summed E-state index contributed by atoms with van der Waals surface area (Å²) < 4.78 is 0. The first kappa shape index (κ1) is 14.3. The highest BCUT2D eigenvalue weighted by molar-refractivity contribution is 6.09. The van der Waals surface area contributed by atoms with Gasteiger partial charge in [0.15, 0.2) is 0 Å². The summed E-state index contributed by atoms with van der Waals surface area (Å²) in [7, 11) is 0. The predicted octanol–water partition coefficient (Wildman–Crippen LogP) is 1.97. The van der Waals surface area contributed by atoms with Gasteiger partial charge in [-0.15, -0.1) is 0 Å². The van der Waals surface area contributed by atoms with Crippen LogP contribution in [0.2, 0.25) is 0 Å². The summed E-state index contributed by atoms with van der Waals surface area (Å²) in [5.74, 6) is -0.158. The predicted molar refractivity (Wildman–Crippen MR) is 80.5 cm³/mol. The Labute approximate surface area is 125 Å². The second-order valence-electron chi connectivity index (χ2n) is 6.46. The van der Waals surface area contributed by atoms with E-state index in [0.717, 1.165) is 31.2 Å². The van der Waals surface area contributed by atoms with Gasteiger partial charge < -0.3 is 5.73 Å². The van der Waals surface area contributed by atoms with Crippen LogP contribution in [0.25, 0.3) is 0 Å². The number of hydrogen-bond donors (Lipinski definition) is 1. The standard InChI is InChI=1S/C17H22N2O2/c1-17(12-7-3-2-4-8-12)11-15(20)19(16(17)21)14-10-6-5-9-13(14)18/h2-4,7-8,13-14H,5-6,9-11,18H2,1H3. The Morgan fingerprint density at radius 2 is 1.81 bits per heavy atom. The van der Waals surface area contributed by atoms with Crippen LogP contribution in [0.1, 0.15) is 44.6 Å². The molecule has 4 heteroatoms. The molecule has 1 aliphatic carbocycles. The van der Waals surface area contributed by atoms with Gasteiger partial charge >= 0.3 is 0 Å². The van der Waals surface area contributed by atoms with Crippen molar-refractivity contribution in [2.24, 2.45) is 5.73 Å². The summed E-state index contributed by atoms with van der Waals surface area (Å²) in [6, 6.07) is 9.39. The van der Waals surface area contributed by atoms with Crippen molar-refractivity contribution in [1.82, 2.24) is 4.90 Å². The van der Waals surface area contributed by atoms with E-state index in [0.29, 0.717) is 0 Å². The largest absolute Gasteiger partial charge is 0.326 e. The fourth-order valence-electron chi connectivity index (χ4n) is 3.67. The van der Waals surface area contributed by atoms with E-state index in [1.165, 1.54) is 4.90 Å². The quantitative estimate of drug-likeness (QED) is 0.845. The van der Waals surface area contributed by atoms with Gasteiger partial charge in [0.1, 0.15) is 0 Å². The van der Waals surface area contributed by atoms with Crippen molar-refractivity contribution in [3.05, 3.63) is 35.9 Å². The number of carbonyl (C=O) groups excluding carboxylic acids is 2. The van der Waals surface area contributed by atoms with E-state index < -0.39 is 5.41 Å². The molecule has 0 bridgehead atoms. The molecular weight excluding hydrogens is 264 g/mol. The third-order valence-corrected chi connectivity index (χ3v) is 4.99. The zero-order valence-corrected chi connectivity index (χ0v) is 12.4. The number of hydrogen-bond acceptors (Lipinski definition) is 3. The van der Waals surface area contributed by atoms with E-state index >= 15 is 0 Å². The number of likely N-dealkylation sites (tertiary alicyclic amines) is 1. The summed E-state index contributed by atoms with van der Waals surface area (Å²) in [6.07, 6.45) is 4.10. The number of amides is 2. The SMILES string of the molecule is CC1(c2ccccc2)CC(=O)N(C2CCCCC2N)C1=O. The molecule has 1 saturated carbocycles. The minimum absolute atomic E-state index is 0.0753. The monoisotopic (exact) mass is 286 g/mol. The minimum atomic E-state index is -0.741. The first-order valence-electron chi connectivity index (χ1n) is 7.71. The Hall–Kier alpha value is -1.68. The average molecular weight is 286 g/mol. The lowest BCUT2D eigenvalue weighted by Gasteiger charge is -2.35. The van der Waals surface area contributed by atoms with Gasteiger partial charge in [0, 0.05) is 12.5 Å². The number of rotatable bonds is 2. The Morgan fingerprint density at radius 1 is 1.14 bits per heavy atom. The Bertz CT molecular complexity index is 557. The van der Waals surface area contributed by atoms with Crippen LogP contribution < -0.4 is 5.73 Å². The van der Waals surface area contributed by atoms with Gasteiger partial charge in [0.2, 0.25) is 11.8 Å². The maximum atomic E-state index is 12.9. The van der Waals surface area contributed by atoms with Crippen LogP contribution >= 0.6 is 0 Å². The molecule has 1 aromatic rings. The normalized spacial score (nSPS) is 33.5. The van der Waals surface area contributed by atoms with Crippen molar-refractivity contribution < 1.29 is 9.59 Å². The van der Waals surface area contributed by atoms with Gasteiger partial charge in [-0.2, -0.15) is 0 Å². The van der Waals surface area contributed by atoms with Crippen LogP contribution in [0.5, 0.6) is 0 Å². The van der Waals surface area contributed by atoms with Crippen LogP contribution in [0.15, 0.2) is 30.3 Å². The molecule has 0 spiro atoms. The van der Waals surface area contributed by atoms with Gasteiger partial charge in [0.05, 0.1) is 11.5 Å². The fraction of sp³-hybridized carbons (Fsp3) is 0.529. The molecule has 2 amide bonds. The van der Waals surface area contributed by atoms with Gasteiger partial charge in [-0.25, -0.2) is 0 Å². The minimum Gasteiger partial charge on any atom is -0.326 e. The van der Waals surface area contributed by atoms with Crippen LogP contribution in [0, 0.1) is 0 Å². The van der Waals surface area contributed by atoms with Crippen molar-refractivity contribution >= 4 is 11.8 Å². The Kier molecular flexibility index (Phi) is 3.57. The number of benzene rings is 1. The maximum absolute atomic E-state index is 12.9. The molecule has 0 radical (unpaired) electrons. The first-order chi connectivity index (χ1) is 10.0. The number of carbonyl (C=O) groups is 2. The van der Waals surface area contributed by atoms with E-state index in [-0.39, 0.29) is 30.3 Å². The van der Waals surface area contributed by atoms with E-state index in [1.54, 1.807) is 0 Å². The smallest absolute Gasteiger partial charge is 0.240 e. The van der Waals surface area contributed by atoms with Crippen molar-refractivity contribution in [2.75, 3.05) is 0 Å². The molecule has 112 valence electrons.